The van der Waals surface area contributed by atoms with Crippen LogP contribution < -0.4 is 0 Å². The fraction of sp³-hybridized carbons (Fsp3) is 0.200. The normalized spacial score (nSPS) is 12.0. The van der Waals surface area contributed by atoms with E-state index in [1.54, 1.807) is 22.1 Å². The van der Waals surface area contributed by atoms with Gasteiger partial charge < -0.3 is 0 Å². The number of halogens is 1. The maximum atomic E-state index is 13.8. The smallest absolute Gasteiger partial charge is 0.206 e. The Bertz CT molecular complexity index is 1330. The minimum atomic E-state index is -3.67. The van der Waals surface area contributed by atoms with Crippen LogP contribution in [0.1, 0.15) is 16.7 Å². The maximum absolute atomic E-state index is 13.8. The van der Waals surface area contributed by atoms with Gasteiger partial charge in [0, 0.05) is 33.5 Å². The van der Waals surface area contributed by atoms with E-state index in [9.17, 15) is 8.42 Å². The number of sulfonamides is 1. The highest BCUT2D eigenvalue weighted by atomic mass is 35.5. The van der Waals surface area contributed by atoms with Crippen molar-refractivity contribution in [2.75, 3.05) is 12.3 Å². The Kier molecular flexibility index (Phi) is 7.27. The van der Waals surface area contributed by atoms with Crippen molar-refractivity contribution >= 4 is 54.8 Å². The summed E-state index contributed by atoms with van der Waals surface area (Å²) in [6, 6.07) is 23.6. The number of thioether (sulfide) groups is 1. The summed E-state index contributed by atoms with van der Waals surface area (Å²) in [5, 5.41) is 1.51. The molecule has 7 heteroatoms. The second-order valence-corrected chi connectivity index (χ2v) is 12.4. The third kappa shape index (κ3) is 5.21. The van der Waals surface area contributed by atoms with Crippen LogP contribution in [-0.2, 0) is 16.6 Å². The van der Waals surface area contributed by atoms with Crippen LogP contribution in [0.25, 0.3) is 10.1 Å². The SMILES string of the molecule is Cc1cccc(SCCN(Cc2ccccc2)S(=O)(=O)c2sc3ccc(Cl)cc3c2C)c1. The Labute approximate surface area is 203 Å². The lowest BCUT2D eigenvalue weighted by atomic mass is 10.2. The van der Waals surface area contributed by atoms with E-state index < -0.39 is 10.0 Å². The first-order valence-electron chi connectivity index (χ1n) is 10.3. The summed E-state index contributed by atoms with van der Waals surface area (Å²) in [6.45, 7) is 4.69. The van der Waals surface area contributed by atoms with Gasteiger partial charge in [-0.05, 0) is 60.7 Å². The molecule has 166 valence electrons. The van der Waals surface area contributed by atoms with Crippen molar-refractivity contribution < 1.29 is 8.42 Å². The van der Waals surface area contributed by atoms with Crippen LogP contribution in [0.4, 0.5) is 0 Å². The van der Waals surface area contributed by atoms with Crippen molar-refractivity contribution in [3.63, 3.8) is 0 Å². The summed E-state index contributed by atoms with van der Waals surface area (Å²) in [5.74, 6) is 0.672. The molecule has 1 heterocycles. The van der Waals surface area contributed by atoms with Gasteiger partial charge in [-0.15, -0.1) is 23.1 Å². The molecule has 0 radical (unpaired) electrons. The third-order valence-electron chi connectivity index (χ3n) is 5.23. The number of nitrogens with zero attached hydrogens (tertiary/aromatic N) is 1. The monoisotopic (exact) mass is 501 g/mol. The highest BCUT2D eigenvalue weighted by Gasteiger charge is 2.29. The first-order chi connectivity index (χ1) is 15.3. The molecule has 0 saturated heterocycles. The molecule has 0 amide bonds. The minimum Gasteiger partial charge on any atom is -0.206 e. The standard InChI is InChI=1S/C25H24ClNO2S3/c1-18-7-6-10-22(15-18)30-14-13-27(17-20-8-4-3-5-9-20)32(28,29)25-19(2)23-16-21(26)11-12-24(23)31-25/h3-12,15-16H,13-14,17H2,1-2H3. The number of benzene rings is 3. The van der Waals surface area contributed by atoms with Crippen LogP contribution in [0.3, 0.4) is 0 Å². The molecule has 0 unspecified atom stereocenters. The second-order valence-electron chi connectivity index (χ2n) is 7.64. The summed E-state index contributed by atoms with van der Waals surface area (Å²) < 4.78 is 30.5. The minimum absolute atomic E-state index is 0.339. The topological polar surface area (TPSA) is 37.4 Å². The van der Waals surface area contributed by atoms with Crippen LogP contribution in [-0.4, -0.2) is 25.0 Å². The van der Waals surface area contributed by atoms with Gasteiger partial charge in [0.2, 0.25) is 0 Å². The highest BCUT2D eigenvalue weighted by Crippen LogP contribution is 2.37. The van der Waals surface area contributed by atoms with E-state index in [0.29, 0.717) is 28.1 Å². The first kappa shape index (κ1) is 23.3. The van der Waals surface area contributed by atoms with E-state index in [2.05, 4.69) is 25.1 Å². The molecule has 0 fully saturated rings. The maximum Gasteiger partial charge on any atom is 0.253 e. The Balaban J connectivity index is 1.64. The fourth-order valence-corrected chi connectivity index (χ4v) is 8.16. The molecule has 32 heavy (non-hydrogen) atoms. The molecule has 3 nitrogen and oxygen atoms in total. The van der Waals surface area contributed by atoms with Gasteiger partial charge in [-0.25, -0.2) is 8.42 Å². The third-order valence-corrected chi connectivity index (χ3v) is 10.2. The van der Waals surface area contributed by atoms with Gasteiger partial charge in [-0.2, -0.15) is 4.31 Å². The van der Waals surface area contributed by atoms with E-state index >= 15 is 0 Å². The zero-order chi connectivity index (χ0) is 22.7. The van der Waals surface area contributed by atoms with Crippen molar-refractivity contribution in [2.24, 2.45) is 0 Å². The zero-order valence-electron chi connectivity index (χ0n) is 17.9. The number of fused-ring (bicyclic) bond motifs is 1. The molecule has 4 rings (SSSR count). The summed E-state index contributed by atoms with van der Waals surface area (Å²) in [7, 11) is -3.67. The predicted octanol–water partition coefficient (Wildman–Crippen LogP) is 7.15. The van der Waals surface area contributed by atoms with Crippen molar-refractivity contribution in [2.45, 2.75) is 29.5 Å². The molecular weight excluding hydrogens is 478 g/mol. The summed E-state index contributed by atoms with van der Waals surface area (Å²) in [6.07, 6.45) is 0. The quantitative estimate of drug-likeness (QED) is 0.240. The molecule has 4 aromatic rings. The largest absolute Gasteiger partial charge is 0.253 e. The van der Waals surface area contributed by atoms with Crippen molar-refractivity contribution in [3.8, 4) is 0 Å². The molecule has 3 aromatic carbocycles. The lowest BCUT2D eigenvalue weighted by Gasteiger charge is -2.22. The Morgan fingerprint density at radius 3 is 2.50 bits per heavy atom. The summed E-state index contributed by atoms with van der Waals surface area (Å²) >= 11 is 9.15. The first-order valence-corrected chi connectivity index (χ1v) is 13.9. The van der Waals surface area contributed by atoms with Crippen molar-refractivity contribution in [1.82, 2.24) is 4.31 Å². The molecule has 0 atom stereocenters. The number of thiophene rings is 1. The fourth-order valence-electron chi connectivity index (χ4n) is 3.58. The Morgan fingerprint density at radius 2 is 1.75 bits per heavy atom. The van der Waals surface area contributed by atoms with E-state index in [4.69, 9.17) is 11.6 Å². The summed E-state index contributed by atoms with van der Waals surface area (Å²) in [4.78, 5) is 1.15. The summed E-state index contributed by atoms with van der Waals surface area (Å²) in [5.41, 5.74) is 2.93. The molecule has 0 aliphatic rings. The van der Waals surface area contributed by atoms with Gasteiger partial charge in [-0.3, -0.25) is 0 Å². The van der Waals surface area contributed by atoms with Crippen LogP contribution in [0.2, 0.25) is 5.02 Å². The number of aryl methyl sites for hydroxylation is 2. The lowest BCUT2D eigenvalue weighted by molar-refractivity contribution is 0.427. The van der Waals surface area contributed by atoms with Gasteiger partial charge >= 0.3 is 0 Å². The van der Waals surface area contributed by atoms with E-state index in [1.165, 1.54) is 16.9 Å². The molecule has 0 aliphatic heterocycles. The van der Waals surface area contributed by atoms with Gasteiger partial charge in [0.1, 0.15) is 4.21 Å². The second kappa shape index (κ2) is 9.98. The van der Waals surface area contributed by atoms with Crippen LogP contribution >= 0.6 is 34.7 Å². The number of rotatable bonds is 8. The number of hydrogen-bond acceptors (Lipinski definition) is 4. The molecular formula is C25H24ClNO2S3. The average Bonchev–Trinajstić information content (AvgIpc) is 3.10. The zero-order valence-corrected chi connectivity index (χ0v) is 21.1. The molecule has 1 aromatic heterocycles. The van der Waals surface area contributed by atoms with Gasteiger partial charge in [0.05, 0.1) is 0 Å². The molecule has 0 saturated carbocycles. The van der Waals surface area contributed by atoms with Gasteiger partial charge in [-0.1, -0.05) is 59.6 Å². The van der Waals surface area contributed by atoms with Crippen LogP contribution in [0.5, 0.6) is 0 Å². The van der Waals surface area contributed by atoms with Crippen LogP contribution in [0, 0.1) is 13.8 Å². The van der Waals surface area contributed by atoms with E-state index in [0.717, 1.165) is 26.1 Å². The Hall–Kier alpha value is -1.83. The van der Waals surface area contributed by atoms with Crippen LogP contribution in [0.15, 0.2) is 81.9 Å². The molecule has 0 spiro atoms. The highest BCUT2D eigenvalue weighted by molar-refractivity contribution is 7.99. The van der Waals surface area contributed by atoms with Crippen molar-refractivity contribution in [3.05, 3.63) is 94.5 Å². The van der Waals surface area contributed by atoms with E-state index in [1.807, 2.05) is 55.5 Å². The molecule has 0 bridgehead atoms. The number of hydrogen-bond donors (Lipinski definition) is 0. The van der Waals surface area contributed by atoms with Gasteiger partial charge in [0.25, 0.3) is 10.0 Å². The van der Waals surface area contributed by atoms with Gasteiger partial charge in [0.15, 0.2) is 0 Å². The lowest BCUT2D eigenvalue weighted by Crippen LogP contribution is -2.32. The van der Waals surface area contributed by atoms with E-state index in [-0.39, 0.29) is 0 Å². The Morgan fingerprint density at radius 1 is 0.969 bits per heavy atom. The average molecular weight is 502 g/mol. The molecule has 0 aliphatic carbocycles. The predicted molar refractivity (Wildman–Crippen MR) is 138 cm³/mol. The molecule has 0 N–H and O–H groups in total. The van der Waals surface area contributed by atoms with Crippen molar-refractivity contribution in [1.29, 1.82) is 0 Å².